The van der Waals surface area contributed by atoms with Gasteiger partial charge in [0.25, 0.3) is 11.8 Å². The number of ether oxygens (including phenoxy) is 2. The number of nitrogen functional groups attached to an aromatic ring is 1. The van der Waals surface area contributed by atoms with Crippen LogP contribution in [-0.2, 0) is 0 Å². The Kier molecular flexibility index (Phi) is 3.55. The van der Waals surface area contributed by atoms with Gasteiger partial charge in [-0.1, -0.05) is 0 Å². The Morgan fingerprint density at radius 3 is 2.48 bits per heavy atom. The topological polar surface area (TPSA) is 86.6 Å². The van der Waals surface area contributed by atoms with E-state index in [-0.39, 0.29) is 0 Å². The smallest absolute Gasteiger partial charge is 0.266 e. The summed E-state index contributed by atoms with van der Waals surface area (Å²) in [4.78, 5) is 6.53. The molecule has 1 fully saturated rings. The first kappa shape index (κ1) is 13.5. The second-order valence-corrected chi connectivity index (χ2v) is 4.89. The molecule has 1 aliphatic heterocycles. The second kappa shape index (κ2) is 5.51. The fourth-order valence-electron chi connectivity index (χ4n) is 2.45. The molecule has 112 valence electrons. The van der Waals surface area contributed by atoms with E-state index in [1.54, 1.807) is 26.4 Å². The highest BCUT2D eigenvalue weighted by Gasteiger charge is 2.21. The van der Waals surface area contributed by atoms with Crippen molar-refractivity contribution in [1.82, 2.24) is 10.1 Å². The number of hydrogen-bond acceptors (Lipinski definition) is 7. The number of nitrogens with two attached hydrogens (primary N) is 1. The van der Waals surface area contributed by atoms with Crippen molar-refractivity contribution in [2.24, 2.45) is 0 Å². The Morgan fingerprint density at radius 1 is 1.14 bits per heavy atom. The van der Waals surface area contributed by atoms with Crippen molar-refractivity contribution in [3.8, 4) is 23.0 Å². The third-order valence-corrected chi connectivity index (χ3v) is 3.59. The summed E-state index contributed by atoms with van der Waals surface area (Å²) in [6.07, 6.45) is 2.31. The summed E-state index contributed by atoms with van der Waals surface area (Å²) < 4.78 is 15.8. The van der Waals surface area contributed by atoms with Crippen LogP contribution in [0.4, 0.5) is 11.6 Å². The minimum atomic E-state index is 0.385. The number of nitrogens with zero attached hydrogens (tertiary/aromatic N) is 3. The summed E-state index contributed by atoms with van der Waals surface area (Å²) >= 11 is 0. The molecular formula is C14H18N4O3. The second-order valence-electron chi connectivity index (χ2n) is 4.89. The molecule has 0 bridgehead atoms. The van der Waals surface area contributed by atoms with Crippen LogP contribution in [0.3, 0.4) is 0 Å². The lowest BCUT2D eigenvalue weighted by atomic mass is 10.1. The lowest BCUT2D eigenvalue weighted by Gasteiger charge is -2.11. The van der Waals surface area contributed by atoms with Crippen molar-refractivity contribution in [1.29, 1.82) is 0 Å². The van der Waals surface area contributed by atoms with Crippen molar-refractivity contribution in [2.75, 3.05) is 37.9 Å². The maximum atomic E-state index is 6.04. The summed E-state index contributed by atoms with van der Waals surface area (Å²) in [5.41, 5.74) is 7.19. The van der Waals surface area contributed by atoms with Gasteiger partial charge in [-0.05, 0) is 24.1 Å². The Morgan fingerprint density at radius 2 is 1.81 bits per heavy atom. The molecule has 7 nitrogen and oxygen atoms in total. The van der Waals surface area contributed by atoms with Crippen LogP contribution in [0, 0.1) is 0 Å². The molecule has 0 atom stereocenters. The van der Waals surface area contributed by atoms with Gasteiger partial charge in [0.15, 0.2) is 11.5 Å². The van der Waals surface area contributed by atoms with E-state index >= 15 is 0 Å². The normalized spacial score (nSPS) is 14.5. The molecule has 2 N–H and O–H groups in total. The van der Waals surface area contributed by atoms with E-state index in [1.165, 1.54) is 0 Å². The monoisotopic (exact) mass is 290 g/mol. The SMILES string of the molecule is COc1cc(N)c(-c2nc(N3CCCC3)no2)cc1OC. The number of aromatic nitrogens is 2. The van der Waals surface area contributed by atoms with Crippen LogP contribution in [0.2, 0.25) is 0 Å². The van der Waals surface area contributed by atoms with E-state index in [0.29, 0.717) is 34.6 Å². The van der Waals surface area contributed by atoms with Crippen molar-refractivity contribution >= 4 is 11.6 Å². The van der Waals surface area contributed by atoms with Gasteiger partial charge in [0.1, 0.15) is 0 Å². The number of benzene rings is 1. The van der Waals surface area contributed by atoms with Crippen LogP contribution in [0.15, 0.2) is 16.7 Å². The van der Waals surface area contributed by atoms with Gasteiger partial charge in [-0.3, -0.25) is 0 Å². The predicted molar refractivity (Wildman–Crippen MR) is 78.7 cm³/mol. The minimum absolute atomic E-state index is 0.385. The van der Waals surface area contributed by atoms with Gasteiger partial charge >= 0.3 is 0 Å². The average Bonchev–Trinajstić information content (AvgIpc) is 3.17. The first-order valence-corrected chi connectivity index (χ1v) is 6.83. The van der Waals surface area contributed by atoms with Crippen LogP contribution in [0.5, 0.6) is 11.5 Å². The molecule has 21 heavy (non-hydrogen) atoms. The van der Waals surface area contributed by atoms with Gasteiger partial charge in [0.2, 0.25) is 0 Å². The first-order chi connectivity index (χ1) is 10.2. The molecule has 1 aromatic heterocycles. The highest BCUT2D eigenvalue weighted by Crippen LogP contribution is 2.37. The van der Waals surface area contributed by atoms with Crippen molar-refractivity contribution in [3.63, 3.8) is 0 Å². The fraction of sp³-hybridized carbons (Fsp3) is 0.429. The van der Waals surface area contributed by atoms with Gasteiger partial charge in [-0.25, -0.2) is 0 Å². The molecule has 0 radical (unpaired) electrons. The fourth-order valence-corrected chi connectivity index (χ4v) is 2.45. The van der Waals surface area contributed by atoms with E-state index in [0.717, 1.165) is 25.9 Å². The van der Waals surface area contributed by atoms with E-state index in [9.17, 15) is 0 Å². The van der Waals surface area contributed by atoms with Crippen LogP contribution in [0.1, 0.15) is 12.8 Å². The summed E-state index contributed by atoms with van der Waals surface area (Å²) in [6, 6.07) is 3.43. The highest BCUT2D eigenvalue weighted by molar-refractivity contribution is 5.75. The quantitative estimate of drug-likeness (QED) is 0.861. The summed E-state index contributed by atoms with van der Waals surface area (Å²) in [7, 11) is 3.14. The molecule has 1 saturated heterocycles. The Balaban J connectivity index is 1.96. The van der Waals surface area contributed by atoms with Crippen LogP contribution in [0.25, 0.3) is 11.5 Å². The first-order valence-electron chi connectivity index (χ1n) is 6.83. The molecule has 1 aliphatic rings. The lowest BCUT2D eigenvalue weighted by molar-refractivity contribution is 0.355. The third kappa shape index (κ3) is 2.46. The molecule has 0 aliphatic carbocycles. The molecule has 2 aromatic rings. The van der Waals surface area contributed by atoms with Crippen LogP contribution < -0.4 is 20.1 Å². The average molecular weight is 290 g/mol. The van der Waals surface area contributed by atoms with Crippen LogP contribution in [-0.4, -0.2) is 37.4 Å². The molecule has 0 amide bonds. The largest absolute Gasteiger partial charge is 0.493 e. The van der Waals surface area contributed by atoms with E-state index in [2.05, 4.69) is 15.0 Å². The summed E-state index contributed by atoms with van der Waals surface area (Å²) in [5, 5.41) is 4.03. The zero-order valence-corrected chi connectivity index (χ0v) is 12.1. The van der Waals surface area contributed by atoms with Gasteiger partial charge in [-0.2, -0.15) is 4.98 Å². The van der Waals surface area contributed by atoms with Gasteiger partial charge in [0, 0.05) is 24.8 Å². The van der Waals surface area contributed by atoms with Crippen LogP contribution >= 0.6 is 0 Å². The molecule has 0 spiro atoms. The van der Waals surface area contributed by atoms with Crippen molar-refractivity contribution < 1.29 is 14.0 Å². The molecule has 0 saturated carbocycles. The van der Waals surface area contributed by atoms with Gasteiger partial charge in [-0.15, -0.1) is 0 Å². The summed E-state index contributed by atoms with van der Waals surface area (Å²) in [5.74, 6) is 2.13. The predicted octanol–water partition coefficient (Wildman–Crippen LogP) is 1.94. The van der Waals surface area contributed by atoms with Crippen molar-refractivity contribution in [2.45, 2.75) is 12.8 Å². The zero-order valence-electron chi connectivity index (χ0n) is 12.1. The van der Waals surface area contributed by atoms with Crippen molar-refractivity contribution in [3.05, 3.63) is 12.1 Å². The molecular weight excluding hydrogens is 272 g/mol. The maximum Gasteiger partial charge on any atom is 0.266 e. The standard InChI is InChI=1S/C14H18N4O3/c1-19-11-7-9(10(15)8-12(11)20-2)13-16-14(17-21-13)18-5-3-4-6-18/h7-8H,3-6,15H2,1-2H3. The lowest BCUT2D eigenvalue weighted by Crippen LogP contribution is -2.18. The summed E-state index contributed by atoms with van der Waals surface area (Å²) in [6.45, 7) is 1.92. The molecule has 3 rings (SSSR count). The van der Waals surface area contributed by atoms with E-state index in [4.69, 9.17) is 19.7 Å². The highest BCUT2D eigenvalue weighted by atomic mass is 16.5. The van der Waals surface area contributed by atoms with Gasteiger partial charge in [0.05, 0.1) is 19.8 Å². The number of hydrogen-bond donors (Lipinski definition) is 1. The van der Waals surface area contributed by atoms with E-state index < -0.39 is 0 Å². The molecule has 2 heterocycles. The molecule has 0 unspecified atom stereocenters. The number of rotatable bonds is 4. The number of anilines is 2. The minimum Gasteiger partial charge on any atom is -0.493 e. The maximum absolute atomic E-state index is 6.04. The zero-order chi connectivity index (χ0) is 14.8. The third-order valence-electron chi connectivity index (χ3n) is 3.59. The Bertz CT molecular complexity index is 635. The Labute approximate surface area is 122 Å². The Hall–Kier alpha value is -2.44. The molecule has 1 aromatic carbocycles. The van der Waals surface area contributed by atoms with Gasteiger partial charge < -0.3 is 24.6 Å². The number of methoxy groups -OCH3 is 2. The molecule has 7 heteroatoms. The van der Waals surface area contributed by atoms with E-state index in [1.807, 2.05) is 0 Å².